The molecule has 4 aromatic rings. The van der Waals surface area contributed by atoms with Crippen LogP contribution in [0.2, 0.25) is 10.0 Å². The summed E-state index contributed by atoms with van der Waals surface area (Å²) in [4.78, 5) is 75.7. The average molecular weight is 820 g/mol. The van der Waals surface area contributed by atoms with Crippen molar-refractivity contribution in [2.24, 2.45) is 23.7 Å². The number of hydrogen-bond donors (Lipinski definition) is 2. The molecule has 3 aromatic carbocycles. The molecule has 57 heavy (non-hydrogen) atoms. The number of amides is 4. The molecule has 11 nitrogen and oxygen atoms in total. The number of hydrogen-bond acceptors (Lipinski definition) is 9. The highest BCUT2D eigenvalue weighted by molar-refractivity contribution is 6.33. The van der Waals surface area contributed by atoms with Crippen LogP contribution in [0, 0.1) is 23.7 Å². The van der Waals surface area contributed by atoms with Crippen molar-refractivity contribution in [3.05, 3.63) is 123 Å². The fourth-order valence-electron chi connectivity index (χ4n) is 9.13. The maximum Gasteiger partial charge on any atom is 0.417 e. The minimum absolute atomic E-state index is 0.0616. The largest absolute Gasteiger partial charge is 0.504 e. The molecule has 1 saturated carbocycles. The Morgan fingerprint density at radius 1 is 0.947 bits per heavy atom. The number of Topliss-reactive ketones (excluding diaryl/α,β-unsaturated/α-hetero) is 1. The molecule has 2 N–H and O–H groups in total. The van der Waals surface area contributed by atoms with Crippen molar-refractivity contribution in [3.63, 3.8) is 0 Å². The average Bonchev–Trinajstić information content (AvgIpc) is 3.56. The number of pyridine rings is 1. The first-order valence-corrected chi connectivity index (χ1v) is 18.5. The number of hydrazine groups is 1. The van der Waals surface area contributed by atoms with Crippen molar-refractivity contribution in [2.75, 3.05) is 17.4 Å². The fraction of sp³-hybridized carbons (Fsp3) is 0.268. The Bertz CT molecular complexity index is 2420. The quantitative estimate of drug-likeness (QED) is 0.110. The number of methoxy groups -OCH3 is 1. The molecule has 6 unspecified atom stereocenters. The Morgan fingerprint density at radius 3 is 2.28 bits per heavy atom. The summed E-state index contributed by atoms with van der Waals surface area (Å²) in [7, 11) is 1.35. The summed E-state index contributed by atoms with van der Waals surface area (Å²) in [5.74, 6) is -8.04. The number of imide groups is 2. The number of nitrogens with one attached hydrogen (secondary N) is 1. The van der Waals surface area contributed by atoms with E-state index < -0.39 is 75.4 Å². The molecule has 4 amide bonds. The van der Waals surface area contributed by atoms with Crippen LogP contribution >= 0.6 is 23.2 Å². The molecule has 0 spiro atoms. The summed E-state index contributed by atoms with van der Waals surface area (Å²) in [6, 6.07) is 17.6. The molecule has 3 fully saturated rings. The Kier molecular flexibility index (Phi) is 9.19. The number of carbonyl (C=O) groups excluding carboxylic acids is 5. The first-order chi connectivity index (χ1) is 27.1. The smallest absolute Gasteiger partial charge is 0.417 e. The number of aromatic nitrogens is 1. The van der Waals surface area contributed by atoms with Gasteiger partial charge >= 0.3 is 6.18 Å². The van der Waals surface area contributed by atoms with Gasteiger partial charge in [-0.25, -0.2) is 4.98 Å². The van der Waals surface area contributed by atoms with Crippen LogP contribution in [-0.4, -0.2) is 51.6 Å². The third-order valence-corrected chi connectivity index (χ3v) is 12.2. The van der Waals surface area contributed by atoms with Gasteiger partial charge in [0.2, 0.25) is 11.8 Å². The highest BCUT2D eigenvalue weighted by atomic mass is 35.5. The number of aromatic hydroxyl groups is 1. The number of ketones is 1. The molecule has 2 saturated heterocycles. The summed E-state index contributed by atoms with van der Waals surface area (Å²) in [5.41, 5.74) is 1.74. The number of fused-ring (bicyclic) bond motifs is 4. The number of nitrogens with zero attached hydrogens (tertiary/aromatic N) is 3. The minimum Gasteiger partial charge on any atom is -0.504 e. The van der Waals surface area contributed by atoms with Gasteiger partial charge < -0.3 is 9.84 Å². The third-order valence-electron chi connectivity index (χ3n) is 11.6. The molecule has 8 rings (SSSR count). The maximum absolute atomic E-state index is 15.3. The van der Waals surface area contributed by atoms with Crippen molar-refractivity contribution >= 4 is 64.1 Å². The zero-order valence-corrected chi connectivity index (χ0v) is 31.5. The van der Waals surface area contributed by atoms with E-state index in [1.807, 2.05) is 6.08 Å². The van der Waals surface area contributed by atoms with E-state index in [9.17, 15) is 37.5 Å². The van der Waals surface area contributed by atoms with Crippen LogP contribution in [0.4, 0.5) is 24.7 Å². The van der Waals surface area contributed by atoms with E-state index in [4.69, 9.17) is 27.9 Å². The summed E-state index contributed by atoms with van der Waals surface area (Å²) in [6.45, 7) is 1.40. The number of benzene rings is 3. The topological polar surface area (TPSA) is 146 Å². The van der Waals surface area contributed by atoms with Crippen molar-refractivity contribution in [1.29, 1.82) is 0 Å². The lowest BCUT2D eigenvalue weighted by molar-refractivity contribution is -0.139. The lowest BCUT2D eigenvalue weighted by atomic mass is 9.49. The monoisotopic (exact) mass is 818 g/mol. The number of phenols is 1. The number of anilines is 2. The molecular formula is C41H31Cl2F3N4O7. The van der Waals surface area contributed by atoms with Crippen LogP contribution in [0.5, 0.6) is 11.5 Å². The van der Waals surface area contributed by atoms with Crippen molar-refractivity contribution in [3.8, 4) is 11.5 Å². The van der Waals surface area contributed by atoms with E-state index in [1.165, 1.54) is 50.4 Å². The summed E-state index contributed by atoms with van der Waals surface area (Å²) < 4.78 is 46.0. The van der Waals surface area contributed by atoms with Gasteiger partial charge in [-0.3, -0.25) is 34.3 Å². The fourth-order valence-corrected chi connectivity index (χ4v) is 9.47. The molecule has 2 aliphatic heterocycles. The van der Waals surface area contributed by atoms with Gasteiger partial charge in [0.1, 0.15) is 0 Å². The second-order valence-electron chi connectivity index (χ2n) is 14.5. The zero-order valence-electron chi connectivity index (χ0n) is 30.0. The number of rotatable bonds is 7. The van der Waals surface area contributed by atoms with Crippen LogP contribution < -0.4 is 15.1 Å². The lowest BCUT2D eigenvalue weighted by Crippen LogP contribution is -2.53. The van der Waals surface area contributed by atoms with E-state index in [2.05, 4.69) is 10.4 Å². The maximum atomic E-state index is 15.3. The summed E-state index contributed by atoms with van der Waals surface area (Å²) >= 11 is 12.6. The van der Waals surface area contributed by atoms with Gasteiger partial charge in [-0.15, -0.1) is 0 Å². The van der Waals surface area contributed by atoms with Crippen LogP contribution in [0.15, 0.2) is 90.6 Å². The Morgan fingerprint density at radius 2 is 1.65 bits per heavy atom. The first kappa shape index (κ1) is 38.2. The van der Waals surface area contributed by atoms with E-state index in [-0.39, 0.29) is 41.6 Å². The van der Waals surface area contributed by atoms with E-state index in [0.717, 1.165) is 4.90 Å². The molecule has 16 heteroatoms. The first-order valence-electron chi connectivity index (χ1n) is 17.8. The molecular weight excluding hydrogens is 788 g/mol. The highest BCUT2D eigenvalue weighted by Gasteiger charge is 2.70. The van der Waals surface area contributed by atoms with Crippen molar-refractivity contribution in [2.45, 2.75) is 37.3 Å². The molecule has 1 aromatic heterocycles. The van der Waals surface area contributed by atoms with Crippen LogP contribution in [-0.2, 0) is 30.8 Å². The Balaban J connectivity index is 1.30. The van der Waals surface area contributed by atoms with Crippen LogP contribution in [0.1, 0.15) is 52.7 Å². The van der Waals surface area contributed by atoms with Gasteiger partial charge in [0, 0.05) is 22.7 Å². The number of alkyl halides is 3. The zero-order chi connectivity index (χ0) is 40.7. The van der Waals surface area contributed by atoms with Gasteiger partial charge in [-0.2, -0.15) is 18.2 Å². The Labute approximate surface area is 333 Å². The second-order valence-corrected chi connectivity index (χ2v) is 15.3. The standard InChI is InChI=1S/C41H31Cl2F3N4O7/c1-19(51)20-3-10-25(11-4-20)49-36(53)27-13-12-26-28(33(27)38(49)55)17-29-37(54)50(48-35-30(43)16-23(18-47-35)41(44,45)46)39(56)40(29,22-6-8-24(42)9-7-22)34(26)21-5-14-31(52)32(15-21)57-2/h3-12,14-16,18,27-29,33-34,52H,13,17H2,1-2H3,(H,47,48). The number of ether oxygens (including phenoxy) is 1. The molecule has 292 valence electrons. The molecule has 0 bridgehead atoms. The molecule has 3 heterocycles. The number of phenolic OH excluding ortho intramolecular Hbond substituents is 1. The van der Waals surface area contributed by atoms with E-state index in [0.29, 0.717) is 44.6 Å². The third kappa shape index (κ3) is 5.87. The van der Waals surface area contributed by atoms with E-state index in [1.54, 1.807) is 30.3 Å². The number of carbonyl (C=O) groups is 5. The Hall–Kier alpha value is -5.73. The summed E-state index contributed by atoms with van der Waals surface area (Å²) in [5, 5.41) is 11.2. The van der Waals surface area contributed by atoms with Crippen molar-refractivity contribution in [1.82, 2.24) is 9.99 Å². The molecule has 4 aliphatic rings. The minimum atomic E-state index is -4.77. The molecule has 6 atom stereocenters. The van der Waals surface area contributed by atoms with Crippen LogP contribution in [0.25, 0.3) is 0 Å². The SMILES string of the molecule is COc1cc(C2C3=CCC4C(=O)N(c5ccc(C(C)=O)cc5)C(=O)C4C3CC3C(=O)N(Nc4ncc(C(F)(F)F)cc4Cl)C(=O)C32c2ccc(Cl)cc2)ccc1O. The normalized spacial score (nSPS) is 25.5. The highest BCUT2D eigenvalue weighted by Crippen LogP contribution is 2.64. The van der Waals surface area contributed by atoms with E-state index >= 15 is 4.79 Å². The van der Waals surface area contributed by atoms with Gasteiger partial charge in [-0.1, -0.05) is 53.1 Å². The van der Waals surface area contributed by atoms with Gasteiger partial charge in [0.25, 0.3) is 11.8 Å². The molecule has 0 radical (unpaired) electrons. The van der Waals surface area contributed by atoms with Gasteiger partial charge in [0.15, 0.2) is 23.1 Å². The second kappa shape index (κ2) is 13.7. The lowest BCUT2D eigenvalue weighted by Gasteiger charge is -2.50. The molecule has 2 aliphatic carbocycles. The number of halogens is 5. The predicted octanol–water partition coefficient (Wildman–Crippen LogP) is 7.51. The number of allylic oxidation sites excluding steroid dienone is 2. The van der Waals surface area contributed by atoms with Crippen LogP contribution in [0.3, 0.4) is 0 Å². The van der Waals surface area contributed by atoms with Gasteiger partial charge in [-0.05, 0) is 91.4 Å². The van der Waals surface area contributed by atoms with Crippen molar-refractivity contribution < 1.29 is 47.0 Å². The van der Waals surface area contributed by atoms with Gasteiger partial charge in [0.05, 0.1) is 46.6 Å². The summed E-state index contributed by atoms with van der Waals surface area (Å²) in [6.07, 6.45) is -2.39. The predicted molar refractivity (Wildman–Crippen MR) is 200 cm³/mol.